The first-order valence-corrected chi connectivity index (χ1v) is 10.3. The average Bonchev–Trinajstić information content (AvgIpc) is 2.94. The van der Waals surface area contributed by atoms with Crippen LogP contribution >= 0.6 is 0 Å². The van der Waals surface area contributed by atoms with E-state index < -0.39 is 27.0 Å². The van der Waals surface area contributed by atoms with E-state index in [4.69, 9.17) is 0 Å². The van der Waals surface area contributed by atoms with Crippen LogP contribution in [0.5, 0.6) is 0 Å². The second-order valence-electron chi connectivity index (χ2n) is 7.26. The van der Waals surface area contributed by atoms with Crippen LogP contribution in [0.15, 0.2) is 48.5 Å². The van der Waals surface area contributed by atoms with Crippen LogP contribution < -0.4 is 10.0 Å². The summed E-state index contributed by atoms with van der Waals surface area (Å²) in [5, 5.41) is 2.00. The normalized spacial score (nSPS) is 17.3. The first-order valence-electron chi connectivity index (χ1n) is 8.79. The van der Waals surface area contributed by atoms with Gasteiger partial charge in [-0.3, -0.25) is 4.79 Å². The van der Waals surface area contributed by atoms with Gasteiger partial charge in [0.2, 0.25) is 15.9 Å². The van der Waals surface area contributed by atoms with Crippen LogP contribution in [0.25, 0.3) is 0 Å². The minimum absolute atomic E-state index is 0.109. The van der Waals surface area contributed by atoms with E-state index in [-0.39, 0.29) is 5.91 Å². The molecule has 0 saturated heterocycles. The highest BCUT2D eigenvalue weighted by molar-refractivity contribution is 7.90. The van der Waals surface area contributed by atoms with Crippen LogP contribution in [0.3, 0.4) is 0 Å². The summed E-state index contributed by atoms with van der Waals surface area (Å²) in [6, 6.07) is 14.2. The summed E-state index contributed by atoms with van der Waals surface area (Å²) in [6.45, 7) is 4.23. The third-order valence-corrected chi connectivity index (χ3v) is 6.65. The van der Waals surface area contributed by atoms with Gasteiger partial charge in [-0.25, -0.2) is 12.8 Å². The number of fused-ring (bicyclic) bond motifs is 1. The zero-order chi connectivity index (χ0) is 19.8. The highest BCUT2D eigenvalue weighted by Gasteiger charge is 2.41. The number of nitrogens with one attached hydrogen (secondary N) is 2. The van der Waals surface area contributed by atoms with Gasteiger partial charge < -0.3 is 5.32 Å². The number of hydrogen-bond acceptors (Lipinski definition) is 3. The van der Waals surface area contributed by atoms with E-state index in [1.54, 1.807) is 42.5 Å². The Kier molecular flexibility index (Phi) is 5.10. The fraction of sp³-hybridized carbons (Fsp3) is 0.350. The number of carbonyl (C=O) groups excluding carboxylic acids is 1. The first kappa shape index (κ1) is 19.5. The zero-order valence-electron chi connectivity index (χ0n) is 15.5. The van der Waals surface area contributed by atoms with E-state index in [1.807, 2.05) is 6.07 Å². The number of rotatable bonds is 6. The van der Waals surface area contributed by atoms with Crippen molar-refractivity contribution < 1.29 is 17.6 Å². The Morgan fingerprint density at radius 2 is 1.78 bits per heavy atom. The highest BCUT2D eigenvalue weighted by atomic mass is 32.2. The van der Waals surface area contributed by atoms with Gasteiger partial charge in [-0.1, -0.05) is 42.5 Å². The predicted molar refractivity (Wildman–Crippen MR) is 104 cm³/mol. The maximum absolute atomic E-state index is 15.8. The molecule has 144 valence electrons. The van der Waals surface area contributed by atoms with E-state index in [0.29, 0.717) is 23.2 Å². The molecule has 0 fully saturated rings. The lowest BCUT2D eigenvalue weighted by Gasteiger charge is -2.33. The Balaban J connectivity index is 2.08. The van der Waals surface area contributed by atoms with Gasteiger partial charge in [-0.05, 0) is 43.5 Å². The van der Waals surface area contributed by atoms with Crippen LogP contribution in [-0.4, -0.2) is 25.4 Å². The molecule has 2 atom stereocenters. The average molecular weight is 390 g/mol. The molecule has 0 saturated carbocycles. The number of alkyl halides is 1. The summed E-state index contributed by atoms with van der Waals surface area (Å²) < 4.78 is 42.7. The van der Waals surface area contributed by atoms with Gasteiger partial charge in [0.25, 0.3) is 0 Å². The van der Waals surface area contributed by atoms with E-state index in [0.717, 1.165) is 5.56 Å². The molecule has 0 radical (unpaired) electrons. The number of anilines is 1. The largest absolute Gasteiger partial charge is 0.326 e. The Hall–Kier alpha value is -2.25. The van der Waals surface area contributed by atoms with Crippen molar-refractivity contribution >= 4 is 21.6 Å². The minimum Gasteiger partial charge on any atom is -0.326 e. The molecule has 2 aromatic rings. The van der Waals surface area contributed by atoms with Crippen LogP contribution in [0.4, 0.5) is 10.1 Å². The van der Waals surface area contributed by atoms with Crippen molar-refractivity contribution in [3.8, 4) is 0 Å². The van der Waals surface area contributed by atoms with Gasteiger partial charge in [0.15, 0.2) is 5.79 Å². The molecule has 2 aromatic carbocycles. The standard InChI is InChI=1S/C20H23FN2O3S/c1-13(2)27(25,26)23-20(3,21)19(14-7-5-4-6-8-14)16-10-9-15-12-18(24)22-17(15)11-16/h4-11,13,19,23H,12H2,1-3H3,(H,22,24). The summed E-state index contributed by atoms with van der Waals surface area (Å²) in [6.07, 6.45) is 0.290. The molecule has 5 nitrogen and oxygen atoms in total. The van der Waals surface area contributed by atoms with Gasteiger partial charge in [0.1, 0.15) is 0 Å². The molecule has 0 bridgehead atoms. The van der Waals surface area contributed by atoms with Crippen molar-refractivity contribution in [3.63, 3.8) is 0 Å². The molecule has 3 rings (SSSR count). The summed E-state index contributed by atoms with van der Waals surface area (Å²) in [7, 11) is -3.83. The maximum Gasteiger partial charge on any atom is 0.228 e. The number of benzene rings is 2. The van der Waals surface area contributed by atoms with Crippen molar-refractivity contribution in [2.75, 3.05) is 5.32 Å². The van der Waals surface area contributed by atoms with Crippen LogP contribution in [0.1, 0.15) is 43.4 Å². The molecule has 1 amide bonds. The predicted octanol–water partition coefficient (Wildman–Crippen LogP) is 3.33. The quantitative estimate of drug-likeness (QED) is 0.743. The molecule has 1 aliphatic rings. The third kappa shape index (κ3) is 4.04. The van der Waals surface area contributed by atoms with Crippen molar-refractivity contribution in [2.24, 2.45) is 0 Å². The molecular formula is C20H23FN2O3S. The van der Waals surface area contributed by atoms with Crippen LogP contribution in [-0.2, 0) is 21.2 Å². The molecule has 27 heavy (non-hydrogen) atoms. The Morgan fingerprint density at radius 3 is 2.41 bits per heavy atom. The Morgan fingerprint density at radius 1 is 1.11 bits per heavy atom. The number of amides is 1. The fourth-order valence-electron chi connectivity index (χ4n) is 3.33. The smallest absolute Gasteiger partial charge is 0.228 e. The molecule has 0 aliphatic carbocycles. The molecule has 2 unspecified atom stereocenters. The first-order chi connectivity index (χ1) is 12.6. The molecule has 1 aliphatic heterocycles. The monoisotopic (exact) mass is 390 g/mol. The Bertz CT molecular complexity index is 956. The number of sulfonamides is 1. The summed E-state index contributed by atoms with van der Waals surface area (Å²) >= 11 is 0. The molecule has 7 heteroatoms. The summed E-state index contributed by atoms with van der Waals surface area (Å²) in [4.78, 5) is 11.6. The SMILES string of the molecule is CC(C)S(=O)(=O)NC(C)(F)C(c1ccccc1)c1ccc2c(c1)NC(=O)C2. The van der Waals surface area contributed by atoms with Crippen molar-refractivity contribution in [3.05, 3.63) is 65.2 Å². The van der Waals surface area contributed by atoms with Gasteiger partial charge in [-0.2, -0.15) is 4.72 Å². The van der Waals surface area contributed by atoms with Gasteiger partial charge in [0, 0.05) is 5.69 Å². The minimum atomic E-state index is -3.83. The third-order valence-electron chi connectivity index (χ3n) is 4.73. The second kappa shape index (κ2) is 7.05. The number of halogens is 1. The Labute approximate surface area is 159 Å². The maximum atomic E-state index is 15.8. The van der Waals surface area contributed by atoms with Crippen molar-refractivity contribution in [2.45, 2.75) is 44.2 Å². The molecule has 2 N–H and O–H groups in total. The van der Waals surface area contributed by atoms with Crippen molar-refractivity contribution in [1.82, 2.24) is 4.72 Å². The highest BCUT2D eigenvalue weighted by Crippen LogP contribution is 2.39. The van der Waals surface area contributed by atoms with Gasteiger partial charge >= 0.3 is 0 Å². The van der Waals surface area contributed by atoms with E-state index in [1.165, 1.54) is 20.8 Å². The lowest BCUT2D eigenvalue weighted by atomic mass is 9.84. The number of carbonyl (C=O) groups is 1. The van der Waals surface area contributed by atoms with Gasteiger partial charge in [-0.15, -0.1) is 0 Å². The van der Waals surface area contributed by atoms with Crippen LogP contribution in [0.2, 0.25) is 0 Å². The summed E-state index contributed by atoms with van der Waals surface area (Å²) in [5.74, 6) is -3.25. The van der Waals surface area contributed by atoms with E-state index in [2.05, 4.69) is 10.0 Å². The zero-order valence-corrected chi connectivity index (χ0v) is 16.3. The molecule has 0 spiro atoms. The molecular weight excluding hydrogens is 367 g/mol. The van der Waals surface area contributed by atoms with Crippen LogP contribution in [0, 0.1) is 0 Å². The number of hydrogen-bond donors (Lipinski definition) is 2. The molecule has 1 heterocycles. The second-order valence-corrected chi connectivity index (χ2v) is 9.49. The topological polar surface area (TPSA) is 75.3 Å². The lowest BCUT2D eigenvalue weighted by Crippen LogP contribution is -2.49. The van der Waals surface area contributed by atoms with Crippen molar-refractivity contribution in [1.29, 1.82) is 0 Å². The fourth-order valence-corrected chi connectivity index (χ4v) is 4.24. The van der Waals surface area contributed by atoms with E-state index >= 15 is 4.39 Å². The molecule has 0 aromatic heterocycles. The summed E-state index contributed by atoms with van der Waals surface area (Å²) in [5.41, 5.74) is 2.71. The van der Waals surface area contributed by atoms with E-state index in [9.17, 15) is 13.2 Å². The lowest BCUT2D eigenvalue weighted by molar-refractivity contribution is -0.115. The van der Waals surface area contributed by atoms with Gasteiger partial charge in [0.05, 0.1) is 17.6 Å².